The fourth-order valence-corrected chi connectivity index (χ4v) is 4.93. The lowest BCUT2D eigenvalue weighted by molar-refractivity contribution is 0.440. The fourth-order valence-electron chi connectivity index (χ4n) is 2.67. The number of sulfonamides is 1. The van der Waals surface area contributed by atoms with Crippen LogP contribution in [-0.4, -0.2) is 24.7 Å². The van der Waals surface area contributed by atoms with Gasteiger partial charge in [0.05, 0.1) is 16.3 Å². The van der Waals surface area contributed by atoms with Gasteiger partial charge in [0, 0.05) is 0 Å². The van der Waals surface area contributed by atoms with E-state index in [1.165, 1.54) is 0 Å². The van der Waals surface area contributed by atoms with Crippen molar-refractivity contribution >= 4 is 27.2 Å². The summed E-state index contributed by atoms with van der Waals surface area (Å²) in [5, 5.41) is 0. The molecular weight excluding hydrogens is 268 g/mol. The van der Waals surface area contributed by atoms with Crippen LogP contribution in [0.15, 0.2) is 0 Å². The van der Waals surface area contributed by atoms with E-state index in [2.05, 4.69) is 4.72 Å². The fraction of sp³-hybridized carbons (Fsp3) is 0.917. The molecule has 0 unspecified atom stereocenters. The van der Waals surface area contributed by atoms with E-state index in [-0.39, 0.29) is 5.75 Å². The van der Waals surface area contributed by atoms with E-state index in [9.17, 15) is 8.42 Å². The molecule has 6 heteroatoms. The zero-order chi connectivity index (χ0) is 13.2. The molecule has 0 aliphatic heterocycles. The lowest BCUT2D eigenvalue weighted by Gasteiger charge is -2.32. The average Bonchev–Trinajstić information content (AvgIpc) is 3.05. The molecule has 4 nitrogen and oxygen atoms in total. The molecule has 2 aliphatic rings. The third-order valence-electron chi connectivity index (χ3n) is 3.93. The van der Waals surface area contributed by atoms with Gasteiger partial charge in [-0.25, -0.2) is 13.1 Å². The Morgan fingerprint density at radius 1 is 1.22 bits per heavy atom. The van der Waals surface area contributed by atoms with E-state index in [1.54, 1.807) is 0 Å². The van der Waals surface area contributed by atoms with Crippen molar-refractivity contribution in [2.75, 3.05) is 5.75 Å². The van der Waals surface area contributed by atoms with Crippen LogP contribution in [0.5, 0.6) is 0 Å². The van der Waals surface area contributed by atoms with E-state index >= 15 is 0 Å². The molecule has 0 spiro atoms. The topological polar surface area (TPSA) is 72.2 Å². The zero-order valence-corrected chi connectivity index (χ0v) is 12.3. The molecule has 2 aliphatic carbocycles. The maximum Gasteiger partial charge on any atom is 0.212 e. The summed E-state index contributed by atoms with van der Waals surface area (Å²) in [4.78, 5) is 0.309. The van der Waals surface area contributed by atoms with Crippen LogP contribution in [0.1, 0.15) is 51.4 Å². The molecule has 2 saturated carbocycles. The SMILES string of the molecule is NC(=S)C1(NS(=O)(=O)CC2CC2)CCCCCC1. The Morgan fingerprint density at radius 3 is 2.22 bits per heavy atom. The third kappa shape index (κ3) is 3.65. The van der Waals surface area contributed by atoms with Crippen molar-refractivity contribution < 1.29 is 8.42 Å². The van der Waals surface area contributed by atoms with Crippen LogP contribution in [-0.2, 0) is 10.0 Å². The number of hydrogen-bond acceptors (Lipinski definition) is 3. The number of nitrogens with one attached hydrogen (secondary N) is 1. The quantitative estimate of drug-likeness (QED) is 0.597. The highest BCUT2D eigenvalue weighted by Gasteiger charge is 2.39. The molecule has 0 radical (unpaired) electrons. The summed E-state index contributed by atoms with van der Waals surface area (Å²) in [6.45, 7) is 0. The maximum absolute atomic E-state index is 12.1. The second kappa shape index (κ2) is 5.43. The van der Waals surface area contributed by atoms with Gasteiger partial charge in [0.15, 0.2) is 0 Å². The summed E-state index contributed by atoms with van der Waals surface area (Å²) in [5.41, 5.74) is 5.16. The summed E-state index contributed by atoms with van der Waals surface area (Å²) < 4.78 is 27.1. The second-order valence-corrected chi connectivity index (χ2v) is 7.89. The van der Waals surface area contributed by atoms with Crippen molar-refractivity contribution in [2.24, 2.45) is 11.7 Å². The van der Waals surface area contributed by atoms with Crippen LogP contribution in [0, 0.1) is 5.92 Å². The highest BCUT2D eigenvalue weighted by molar-refractivity contribution is 7.89. The molecule has 0 saturated heterocycles. The Kier molecular flexibility index (Phi) is 4.29. The van der Waals surface area contributed by atoms with E-state index in [0.29, 0.717) is 10.9 Å². The van der Waals surface area contributed by atoms with Gasteiger partial charge in [-0.1, -0.05) is 37.9 Å². The smallest absolute Gasteiger partial charge is 0.212 e. The monoisotopic (exact) mass is 290 g/mol. The van der Waals surface area contributed by atoms with E-state index in [4.69, 9.17) is 18.0 Å². The highest BCUT2D eigenvalue weighted by atomic mass is 32.2. The van der Waals surface area contributed by atoms with Crippen LogP contribution in [0.3, 0.4) is 0 Å². The summed E-state index contributed by atoms with van der Waals surface area (Å²) in [5.74, 6) is 0.578. The first-order valence-electron chi connectivity index (χ1n) is 6.75. The standard InChI is InChI=1S/C12H22N2O2S2/c13-11(17)12(7-3-1-2-4-8-12)14-18(15,16)9-10-5-6-10/h10,14H,1-9H2,(H2,13,17). The normalized spacial score (nSPS) is 24.4. The van der Waals surface area contributed by atoms with Gasteiger partial charge in [0.25, 0.3) is 0 Å². The minimum atomic E-state index is -3.26. The van der Waals surface area contributed by atoms with Crippen LogP contribution < -0.4 is 10.5 Å². The minimum Gasteiger partial charge on any atom is -0.392 e. The predicted octanol–water partition coefficient (Wildman–Crippen LogP) is 1.69. The number of rotatable bonds is 5. The zero-order valence-electron chi connectivity index (χ0n) is 10.7. The Balaban J connectivity index is 2.11. The van der Waals surface area contributed by atoms with Crippen molar-refractivity contribution in [3.05, 3.63) is 0 Å². The van der Waals surface area contributed by atoms with Gasteiger partial charge < -0.3 is 5.73 Å². The van der Waals surface area contributed by atoms with Crippen molar-refractivity contribution in [1.82, 2.24) is 4.72 Å². The molecule has 0 aromatic carbocycles. The maximum atomic E-state index is 12.1. The molecule has 3 N–H and O–H groups in total. The molecule has 0 aromatic rings. The molecule has 0 aromatic heterocycles. The largest absolute Gasteiger partial charge is 0.392 e. The van der Waals surface area contributed by atoms with Gasteiger partial charge >= 0.3 is 0 Å². The molecule has 0 atom stereocenters. The second-order valence-electron chi connectivity index (χ2n) is 5.69. The molecule has 18 heavy (non-hydrogen) atoms. The Labute approximate surface area is 115 Å². The Hall–Kier alpha value is -0.200. The highest BCUT2D eigenvalue weighted by Crippen LogP contribution is 2.32. The van der Waals surface area contributed by atoms with Crippen LogP contribution >= 0.6 is 12.2 Å². The Morgan fingerprint density at radius 2 is 1.78 bits per heavy atom. The van der Waals surface area contributed by atoms with Crippen LogP contribution in [0.2, 0.25) is 0 Å². The van der Waals surface area contributed by atoms with Gasteiger partial charge in [0.2, 0.25) is 10.0 Å². The molecule has 104 valence electrons. The number of nitrogens with two attached hydrogens (primary N) is 1. The predicted molar refractivity (Wildman–Crippen MR) is 76.9 cm³/mol. The van der Waals surface area contributed by atoms with Gasteiger partial charge in [-0.3, -0.25) is 0 Å². The molecule has 2 fully saturated rings. The molecule has 0 amide bonds. The first-order chi connectivity index (χ1) is 8.44. The summed E-state index contributed by atoms with van der Waals surface area (Å²) >= 11 is 5.14. The molecular formula is C12H22N2O2S2. The van der Waals surface area contributed by atoms with Crippen molar-refractivity contribution in [3.8, 4) is 0 Å². The average molecular weight is 290 g/mol. The first-order valence-corrected chi connectivity index (χ1v) is 8.81. The lowest BCUT2D eigenvalue weighted by atomic mass is 9.91. The lowest BCUT2D eigenvalue weighted by Crippen LogP contribution is -2.56. The van der Waals surface area contributed by atoms with Crippen LogP contribution in [0.25, 0.3) is 0 Å². The number of hydrogen-bond donors (Lipinski definition) is 2. The minimum absolute atomic E-state index is 0.233. The molecule has 0 heterocycles. The number of thiocarbonyl (C=S) groups is 1. The summed E-state index contributed by atoms with van der Waals surface area (Å²) in [7, 11) is -3.26. The van der Waals surface area contributed by atoms with E-state index in [1.807, 2.05) is 0 Å². The van der Waals surface area contributed by atoms with Gasteiger partial charge in [-0.15, -0.1) is 0 Å². The molecule has 0 bridgehead atoms. The van der Waals surface area contributed by atoms with E-state index in [0.717, 1.165) is 51.4 Å². The first kappa shape index (κ1) is 14.2. The van der Waals surface area contributed by atoms with Crippen molar-refractivity contribution in [3.63, 3.8) is 0 Å². The molecule has 2 rings (SSSR count). The van der Waals surface area contributed by atoms with Crippen LogP contribution in [0.4, 0.5) is 0 Å². The van der Waals surface area contributed by atoms with Gasteiger partial charge in [0.1, 0.15) is 0 Å². The Bertz CT molecular complexity index is 408. The summed E-state index contributed by atoms with van der Waals surface area (Å²) in [6.07, 6.45) is 7.79. The summed E-state index contributed by atoms with van der Waals surface area (Å²) in [6, 6.07) is 0. The van der Waals surface area contributed by atoms with Gasteiger partial charge in [-0.2, -0.15) is 0 Å². The van der Waals surface area contributed by atoms with E-state index < -0.39 is 15.6 Å². The van der Waals surface area contributed by atoms with Crippen molar-refractivity contribution in [2.45, 2.75) is 56.9 Å². The van der Waals surface area contributed by atoms with Crippen molar-refractivity contribution in [1.29, 1.82) is 0 Å². The third-order valence-corrected chi connectivity index (χ3v) is 5.93. The van der Waals surface area contributed by atoms with Gasteiger partial charge in [-0.05, 0) is 31.6 Å².